The number of hydrogen-bond donors (Lipinski definition) is 1. The largest absolute Gasteiger partial charge is 0.329 e. The molecule has 0 saturated heterocycles. The van der Waals surface area contributed by atoms with Gasteiger partial charge in [-0.2, -0.15) is 0 Å². The van der Waals surface area contributed by atoms with E-state index in [1.165, 1.54) is 0 Å². The van der Waals surface area contributed by atoms with Crippen molar-refractivity contribution in [2.75, 3.05) is 6.54 Å². The summed E-state index contributed by atoms with van der Waals surface area (Å²) in [5.74, 6) is 0.793. The van der Waals surface area contributed by atoms with E-state index in [1.807, 2.05) is 36.4 Å². The lowest BCUT2D eigenvalue weighted by Gasteiger charge is -2.20. The Morgan fingerprint density at radius 2 is 1.82 bits per heavy atom. The van der Waals surface area contributed by atoms with Crippen molar-refractivity contribution >= 4 is 0 Å². The van der Waals surface area contributed by atoms with Crippen molar-refractivity contribution in [1.82, 2.24) is 9.97 Å². The Morgan fingerprint density at radius 1 is 1.12 bits per heavy atom. The van der Waals surface area contributed by atoms with Crippen molar-refractivity contribution in [3.05, 3.63) is 48.4 Å². The molecule has 2 rings (SSSR count). The van der Waals surface area contributed by atoms with Gasteiger partial charge in [0.15, 0.2) is 0 Å². The lowest BCUT2D eigenvalue weighted by atomic mass is 9.92. The zero-order valence-corrected chi connectivity index (χ0v) is 10.2. The van der Waals surface area contributed by atoms with Gasteiger partial charge < -0.3 is 5.73 Å². The fourth-order valence-corrected chi connectivity index (χ4v) is 1.55. The van der Waals surface area contributed by atoms with Crippen LogP contribution in [0.3, 0.4) is 0 Å². The summed E-state index contributed by atoms with van der Waals surface area (Å²) in [7, 11) is 0. The van der Waals surface area contributed by atoms with Crippen LogP contribution in [0.4, 0.5) is 0 Å². The third-order valence-corrected chi connectivity index (χ3v) is 2.84. The summed E-state index contributed by atoms with van der Waals surface area (Å²) in [4.78, 5) is 8.91. The van der Waals surface area contributed by atoms with Crippen LogP contribution in [-0.2, 0) is 5.41 Å². The Balaban J connectivity index is 2.42. The highest BCUT2D eigenvalue weighted by Crippen LogP contribution is 2.21. The number of hydrogen-bond acceptors (Lipinski definition) is 3. The molecule has 88 valence electrons. The number of rotatable bonds is 3. The minimum Gasteiger partial charge on any atom is -0.329 e. The fourth-order valence-electron chi connectivity index (χ4n) is 1.55. The molecule has 0 fully saturated rings. The van der Waals surface area contributed by atoms with E-state index in [1.54, 1.807) is 6.20 Å². The maximum atomic E-state index is 5.75. The van der Waals surface area contributed by atoms with Crippen molar-refractivity contribution in [2.24, 2.45) is 5.73 Å². The number of nitrogens with two attached hydrogens (primary N) is 1. The molecule has 0 spiro atoms. The zero-order chi connectivity index (χ0) is 12.3. The van der Waals surface area contributed by atoms with Crippen molar-refractivity contribution in [3.63, 3.8) is 0 Å². The maximum absolute atomic E-state index is 5.75. The Morgan fingerprint density at radius 3 is 2.47 bits per heavy atom. The van der Waals surface area contributed by atoms with Crippen LogP contribution in [0.5, 0.6) is 0 Å². The third-order valence-electron chi connectivity index (χ3n) is 2.84. The summed E-state index contributed by atoms with van der Waals surface area (Å²) in [5, 5.41) is 0. The van der Waals surface area contributed by atoms with E-state index in [-0.39, 0.29) is 5.41 Å². The van der Waals surface area contributed by atoms with Gasteiger partial charge in [0.2, 0.25) is 0 Å². The first-order valence-corrected chi connectivity index (χ1v) is 5.72. The second-order valence-electron chi connectivity index (χ2n) is 4.72. The van der Waals surface area contributed by atoms with Crippen LogP contribution >= 0.6 is 0 Å². The quantitative estimate of drug-likeness (QED) is 0.875. The van der Waals surface area contributed by atoms with Gasteiger partial charge in [0, 0.05) is 23.7 Å². The van der Waals surface area contributed by atoms with E-state index < -0.39 is 0 Å². The van der Waals surface area contributed by atoms with Crippen molar-refractivity contribution in [3.8, 4) is 11.3 Å². The van der Waals surface area contributed by atoms with E-state index in [0.717, 1.165) is 17.1 Å². The molecule has 2 N–H and O–H groups in total. The minimum atomic E-state index is -0.190. The van der Waals surface area contributed by atoms with Gasteiger partial charge in [0.25, 0.3) is 0 Å². The summed E-state index contributed by atoms with van der Waals surface area (Å²) in [5.41, 5.74) is 7.60. The molecule has 0 aliphatic carbocycles. The van der Waals surface area contributed by atoms with Crippen LogP contribution < -0.4 is 5.73 Å². The average molecular weight is 227 g/mol. The van der Waals surface area contributed by atoms with Crippen LogP contribution in [-0.4, -0.2) is 16.5 Å². The van der Waals surface area contributed by atoms with Crippen LogP contribution in [0.25, 0.3) is 11.3 Å². The van der Waals surface area contributed by atoms with Crippen LogP contribution in [0.15, 0.2) is 42.6 Å². The molecule has 0 amide bonds. The summed E-state index contributed by atoms with van der Waals surface area (Å²) in [6.45, 7) is 4.64. The maximum Gasteiger partial charge on any atom is 0.135 e. The summed E-state index contributed by atoms with van der Waals surface area (Å²) in [6, 6.07) is 12.0. The van der Waals surface area contributed by atoms with Crippen LogP contribution in [0.1, 0.15) is 19.7 Å². The van der Waals surface area contributed by atoms with Crippen molar-refractivity contribution < 1.29 is 0 Å². The van der Waals surface area contributed by atoms with Crippen LogP contribution in [0.2, 0.25) is 0 Å². The smallest absolute Gasteiger partial charge is 0.135 e. The van der Waals surface area contributed by atoms with E-state index in [2.05, 4.69) is 23.8 Å². The van der Waals surface area contributed by atoms with Gasteiger partial charge in [-0.1, -0.05) is 44.2 Å². The summed E-state index contributed by atoms with van der Waals surface area (Å²) < 4.78 is 0. The molecule has 1 heterocycles. The Kier molecular flexibility index (Phi) is 3.20. The molecular formula is C14H17N3. The van der Waals surface area contributed by atoms with Crippen molar-refractivity contribution in [1.29, 1.82) is 0 Å². The standard InChI is InChI=1S/C14H17N3/c1-14(2,10-15)13-16-9-8-12(17-13)11-6-4-3-5-7-11/h3-9H,10,15H2,1-2H3. The molecule has 0 bridgehead atoms. The zero-order valence-electron chi connectivity index (χ0n) is 10.2. The molecule has 0 unspecified atom stereocenters. The average Bonchev–Trinajstić information content (AvgIpc) is 2.40. The Bertz CT molecular complexity index is 492. The fraction of sp³-hybridized carbons (Fsp3) is 0.286. The minimum absolute atomic E-state index is 0.190. The highest BCUT2D eigenvalue weighted by molar-refractivity contribution is 5.58. The SMILES string of the molecule is CC(C)(CN)c1nccc(-c2ccccc2)n1. The van der Waals surface area contributed by atoms with E-state index in [9.17, 15) is 0 Å². The predicted molar refractivity (Wildman–Crippen MR) is 69.5 cm³/mol. The third kappa shape index (κ3) is 2.50. The van der Waals surface area contributed by atoms with Crippen LogP contribution in [0, 0.1) is 0 Å². The first-order chi connectivity index (χ1) is 8.13. The molecule has 3 heteroatoms. The second-order valence-corrected chi connectivity index (χ2v) is 4.72. The van der Waals surface area contributed by atoms with Gasteiger partial charge in [-0.05, 0) is 6.07 Å². The number of benzene rings is 1. The monoisotopic (exact) mass is 227 g/mol. The molecule has 1 aromatic heterocycles. The highest BCUT2D eigenvalue weighted by atomic mass is 14.9. The van der Waals surface area contributed by atoms with Gasteiger partial charge in [0.1, 0.15) is 5.82 Å². The van der Waals surface area contributed by atoms with E-state index in [4.69, 9.17) is 5.73 Å². The Labute approximate surface area is 102 Å². The highest BCUT2D eigenvalue weighted by Gasteiger charge is 2.22. The molecule has 0 atom stereocenters. The van der Waals surface area contributed by atoms with Gasteiger partial charge in [-0.15, -0.1) is 0 Å². The first kappa shape index (κ1) is 11.7. The van der Waals surface area contributed by atoms with Gasteiger partial charge in [-0.3, -0.25) is 0 Å². The second kappa shape index (κ2) is 4.63. The molecule has 2 aromatic rings. The molecular weight excluding hydrogens is 210 g/mol. The number of aromatic nitrogens is 2. The molecule has 0 saturated carbocycles. The topological polar surface area (TPSA) is 51.8 Å². The molecule has 3 nitrogen and oxygen atoms in total. The molecule has 0 radical (unpaired) electrons. The lowest BCUT2D eigenvalue weighted by molar-refractivity contribution is 0.503. The Hall–Kier alpha value is -1.74. The predicted octanol–water partition coefficient (Wildman–Crippen LogP) is 2.38. The van der Waals surface area contributed by atoms with E-state index >= 15 is 0 Å². The molecule has 1 aromatic carbocycles. The van der Waals surface area contributed by atoms with Gasteiger partial charge in [-0.25, -0.2) is 9.97 Å². The normalized spacial score (nSPS) is 11.5. The first-order valence-electron chi connectivity index (χ1n) is 5.72. The molecule has 0 aliphatic heterocycles. The van der Waals surface area contributed by atoms with E-state index in [0.29, 0.717) is 6.54 Å². The molecule has 17 heavy (non-hydrogen) atoms. The van der Waals surface area contributed by atoms with Crippen molar-refractivity contribution in [2.45, 2.75) is 19.3 Å². The number of nitrogens with zero attached hydrogens (tertiary/aromatic N) is 2. The summed E-state index contributed by atoms with van der Waals surface area (Å²) in [6.07, 6.45) is 1.79. The lowest BCUT2D eigenvalue weighted by Crippen LogP contribution is -2.30. The summed E-state index contributed by atoms with van der Waals surface area (Å²) >= 11 is 0. The van der Waals surface area contributed by atoms with Gasteiger partial charge in [0.05, 0.1) is 5.69 Å². The van der Waals surface area contributed by atoms with Gasteiger partial charge >= 0.3 is 0 Å². The molecule has 0 aliphatic rings.